The second kappa shape index (κ2) is 14.2. The van der Waals surface area contributed by atoms with Gasteiger partial charge in [0.05, 0.1) is 25.1 Å². The van der Waals surface area contributed by atoms with Crippen molar-refractivity contribution < 1.29 is 24.0 Å². The SMILES string of the molecule is CC(=O)O/N=C\c1ccc2c(c1)c1cc(C(=O)c3ccccc3)ccc1n2CCC(=O)OCCC#N.CCC. The summed E-state index contributed by atoms with van der Waals surface area (Å²) in [5.74, 6) is -0.997. The fourth-order valence-corrected chi connectivity index (χ4v) is 3.99. The van der Waals surface area contributed by atoms with Crippen molar-refractivity contribution in [1.29, 1.82) is 5.26 Å². The van der Waals surface area contributed by atoms with Crippen LogP contribution < -0.4 is 0 Å². The molecule has 8 heteroatoms. The zero-order valence-electron chi connectivity index (χ0n) is 22.3. The van der Waals surface area contributed by atoms with E-state index in [0.717, 1.165) is 21.8 Å². The average Bonchev–Trinajstić information content (AvgIpc) is 3.24. The molecule has 0 unspecified atom stereocenters. The summed E-state index contributed by atoms with van der Waals surface area (Å²) >= 11 is 0. The maximum absolute atomic E-state index is 13.1. The van der Waals surface area contributed by atoms with Crippen LogP contribution in [0.15, 0.2) is 71.9 Å². The number of hydrogen-bond acceptors (Lipinski definition) is 7. The van der Waals surface area contributed by atoms with Gasteiger partial charge < -0.3 is 14.1 Å². The number of nitriles is 1. The number of carbonyl (C=O) groups is 3. The van der Waals surface area contributed by atoms with Crippen molar-refractivity contribution in [1.82, 2.24) is 4.57 Å². The Balaban J connectivity index is 0.00000134. The molecule has 1 heterocycles. The van der Waals surface area contributed by atoms with Crippen LogP contribution in [0.25, 0.3) is 21.8 Å². The first-order chi connectivity index (χ1) is 18.9. The highest BCUT2D eigenvalue weighted by molar-refractivity contribution is 6.15. The van der Waals surface area contributed by atoms with Gasteiger partial charge in [0.15, 0.2) is 5.78 Å². The fraction of sp³-hybridized carbons (Fsp3) is 0.258. The van der Waals surface area contributed by atoms with E-state index in [2.05, 4.69) is 23.8 Å². The summed E-state index contributed by atoms with van der Waals surface area (Å²) in [4.78, 5) is 40.9. The number of ketones is 1. The lowest BCUT2D eigenvalue weighted by Crippen LogP contribution is -2.10. The number of nitrogens with zero attached hydrogens (tertiary/aromatic N) is 3. The Bertz CT molecular complexity index is 1530. The predicted octanol–water partition coefficient (Wildman–Crippen LogP) is 6.19. The third kappa shape index (κ3) is 7.62. The first kappa shape index (κ1) is 28.8. The van der Waals surface area contributed by atoms with Crippen LogP contribution in [0.2, 0.25) is 0 Å². The molecule has 4 aromatic rings. The molecule has 39 heavy (non-hydrogen) atoms. The van der Waals surface area contributed by atoms with Crippen molar-refractivity contribution in [2.45, 2.75) is 46.6 Å². The van der Waals surface area contributed by atoms with Crippen LogP contribution in [0.4, 0.5) is 0 Å². The van der Waals surface area contributed by atoms with Crippen molar-refractivity contribution in [3.63, 3.8) is 0 Å². The summed E-state index contributed by atoms with van der Waals surface area (Å²) < 4.78 is 7.11. The molecule has 0 aliphatic rings. The maximum Gasteiger partial charge on any atom is 0.331 e. The van der Waals surface area contributed by atoms with Gasteiger partial charge in [-0.25, -0.2) is 4.79 Å². The number of rotatable bonds is 9. The normalized spacial score (nSPS) is 10.6. The van der Waals surface area contributed by atoms with Gasteiger partial charge in [0.2, 0.25) is 0 Å². The highest BCUT2D eigenvalue weighted by Crippen LogP contribution is 2.31. The van der Waals surface area contributed by atoms with Crippen molar-refractivity contribution in [3.8, 4) is 6.07 Å². The summed E-state index contributed by atoms with van der Waals surface area (Å²) in [6, 6.07) is 22.1. The molecule has 1 aromatic heterocycles. The second-order valence-corrected chi connectivity index (χ2v) is 8.76. The van der Waals surface area contributed by atoms with E-state index in [1.807, 2.05) is 59.2 Å². The van der Waals surface area contributed by atoms with Crippen LogP contribution in [-0.4, -0.2) is 35.1 Å². The molecule has 0 fully saturated rings. The van der Waals surface area contributed by atoms with Gasteiger partial charge in [-0.05, 0) is 35.9 Å². The molecule has 3 aromatic carbocycles. The van der Waals surface area contributed by atoms with Gasteiger partial charge >= 0.3 is 11.9 Å². The zero-order valence-corrected chi connectivity index (χ0v) is 22.3. The molecule has 0 saturated heterocycles. The van der Waals surface area contributed by atoms with E-state index in [1.54, 1.807) is 18.2 Å². The van der Waals surface area contributed by atoms with Gasteiger partial charge in [0.1, 0.15) is 6.61 Å². The number of oxime groups is 1. The third-order valence-corrected chi connectivity index (χ3v) is 5.59. The number of aryl methyl sites for hydroxylation is 1. The summed E-state index contributed by atoms with van der Waals surface area (Å²) in [5, 5.41) is 14.0. The highest BCUT2D eigenvalue weighted by Gasteiger charge is 2.16. The van der Waals surface area contributed by atoms with Crippen LogP contribution >= 0.6 is 0 Å². The van der Waals surface area contributed by atoms with Crippen LogP contribution in [0.1, 0.15) is 61.5 Å². The Hall–Kier alpha value is -4.77. The minimum absolute atomic E-state index is 0.0679. The summed E-state index contributed by atoms with van der Waals surface area (Å²) in [6.45, 7) is 5.95. The lowest BCUT2D eigenvalue weighted by atomic mass is 10.0. The molecule has 0 bridgehead atoms. The van der Waals surface area contributed by atoms with Gasteiger partial charge in [-0.1, -0.05) is 61.8 Å². The molecule has 0 atom stereocenters. The summed E-state index contributed by atoms with van der Waals surface area (Å²) in [6.07, 6.45) is 2.97. The molecule has 0 amide bonds. The monoisotopic (exact) mass is 525 g/mol. The molecular weight excluding hydrogens is 494 g/mol. The van der Waals surface area contributed by atoms with Crippen LogP contribution in [-0.2, 0) is 25.7 Å². The molecule has 4 rings (SSSR count). The molecule has 0 aliphatic heterocycles. The quantitative estimate of drug-likeness (QED) is 0.0644. The van der Waals surface area contributed by atoms with E-state index in [1.165, 1.54) is 19.6 Å². The van der Waals surface area contributed by atoms with E-state index >= 15 is 0 Å². The number of carbonyl (C=O) groups excluding carboxylic acids is 3. The van der Waals surface area contributed by atoms with Gasteiger partial charge in [0, 0.05) is 46.4 Å². The Morgan fingerprint density at radius 1 is 0.949 bits per heavy atom. The zero-order chi connectivity index (χ0) is 28.2. The average molecular weight is 526 g/mol. The molecule has 0 radical (unpaired) electrons. The highest BCUT2D eigenvalue weighted by atomic mass is 16.7. The van der Waals surface area contributed by atoms with Gasteiger partial charge in [-0.15, -0.1) is 0 Å². The molecule has 0 N–H and O–H groups in total. The topological polar surface area (TPSA) is 111 Å². The van der Waals surface area contributed by atoms with Crippen molar-refractivity contribution in [2.24, 2.45) is 5.16 Å². The number of ether oxygens (including phenoxy) is 1. The number of aromatic nitrogens is 1. The second-order valence-electron chi connectivity index (χ2n) is 8.76. The number of hydrogen-bond donors (Lipinski definition) is 0. The minimum atomic E-state index is -0.519. The maximum atomic E-state index is 13.1. The smallest absolute Gasteiger partial charge is 0.331 e. The fourth-order valence-electron chi connectivity index (χ4n) is 3.99. The Labute approximate surface area is 227 Å². The van der Waals surface area contributed by atoms with E-state index in [9.17, 15) is 14.4 Å². The van der Waals surface area contributed by atoms with Gasteiger partial charge in [-0.3, -0.25) is 9.59 Å². The van der Waals surface area contributed by atoms with Crippen LogP contribution in [0.5, 0.6) is 0 Å². The summed E-state index contributed by atoms with van der Waals surface area (Å²) in [5.41, 5.74) is 3.56. The standard InChI is InChI=1S/C28H23N3O5.C3H8/c1-19(32)36-30-18-20-8-10-25-23(16-20)24-17-22(28(34)21-6-3-2-4-7-21)9-11-26(24)31(25)14-12-27(33)35-15-5-13-29;1-3-2/h2-4,6-11,16-18H,5,12,14-15H2,1H3;3H2,1-2H3/b30-18-;. The molecule has 0 saturated carbocycles. The Morgan fingerprint density at radius 3 is 2.28 bits per heavy atom. The number of esters is 1. The van der Waals surface area contributed by atoms with Crippen molar-refractivity contribution >= 4 is 45.7 Å². The molecule has 8 nitrogen and oxygen atoms in total. The summed E-state index contributed by atoms with van der Waals surface area (Å²) in [7, 11) is 0. The third-order valence-electron chi connectivity index (χ3n) is 5.59. The Morgan fingerprint density at radius 2 is 1.62 bits per heavy atom. The predicted molar refractivity (Wildman–Crippen MR) is 150 cm³/mol. The molecule has 200 valence electrons. The first-order valence-corrected chi connectivity index (χ1v) is 12.8. The molecule has 0 aliphatic carbocycles. The largest absolute Gasteiger partial charge is 0.465 e. The van der Waals surface area contributed by atoms with E-state index in [4.69, 9.17) is 10.00 Å². The van der Waals surface area contributed by atoms with Gasteiger partial charge in [-0.2, -0.15) is 5.26 Å². The Kier molecular flexibility index (Phi) is 10.5. The lowest BCUT2D eigenvalue weighted by Gasteiger charge is -2.08. The molecular formula is C31H31N3O5. The lowest BCUT2D eigenvalue weighted by molar-refractivity contribution is -0.143. The van der Waals surface area contributed by atoms with E-state index in [0.29, 0.717) is 23.2 Å². The molecule has 0 spiro atoms. The minimum Gasteiger partial charge on any atom is -0.465 e. The van der Waals surface area contributed by atoms with E-state index in [-0.39, 0.29) is 31.2 Å². The van der Waals surface area contributed by atoms with Crippen LogP contribution in [0.3, 0.4) is 0 Å². The number of fused-ring (bicyclic) bond motifs is 3. The first-order valence-electron chi connectivity index (χ1n) is 12.8. The van der Waals surface area contributed by atoms with Gasteiger partial charge in [0.25, 0.3) is 0 Å². The van der Waals surface area contributed by atoms with E-state index < -0.39 is 5.97 Å². The van der Waals surface area contributed by atoms with Crippen molar-refractivity contribution in [3.05, 3.63) is 83.4 Å². The number of benzene rings is 3. The van der Waals surface area contributed by atoms with Crippen LogP contribution in [0, 0.1) is 11.3 Å². The van der Waals surface area contributed by atoms with Crippen molar-refractivity contribution in [2.75, 3.05) is 6.61 Å².